The summed E-state index contributed by atoms with van der Waals surface area (Å²) in [7, 11) is 0. The third kappa shape index (κ3) is 2.96. The lowest BCUT2D eigenvalue weighted by atomic mass is 9.86. The van der Waals surface area contributed by atoms with Crippen molar-refractivity contribution in [3.8, 4) is 0 Å². The van der Waals surface area contributed by atoms with Crippen molar-refractivity contribution in [2.75, 3.05) is 6.61 Å². The Hall–Kier alpha value is -1.39. The number of carbonyl (C=O) groups excluding carboxylic acids is 1. The van der Waals surface area contributed by atoms with Gasteiger partial charge in [0.2, 0.25) is 0 Å². The average molecular weight is 264 g/mol. The molecule has 0 aromatic heterocycles. The highest BCUT2D eigenvalue weighted by Gasteiger charge is 2.38. The average Bonchev–Trinajstić information content (AvgIpc) is 2.64. The maximum absolute atomic E-state index is 11.6. The van der Waals surface area contributed by atoms with Crippen LogP contribution in [-0.2, 0) is 9.53 Å². The maximum Gasteiger partial charge on any atom is 0.334 e. The summed E-state index contributed by atoms with van der Waals surface area (Å²) in [6, 6.07) is 0. The van der Waals surface area contributed by atoms with E-state index >= 15 is 0 Å². The first-order valence-electron chi connectivity index (χ1n) is 6.58. The number of fused-ring (bicyclic) bond motifs is 1. The zero-order chi connectivity index (χ0) is 14.0. The van der Waals surface area contributed by atoms with Gasteiger partial charge in [0.1, 0.15) is 6.10 Å². The Labute approximate surface area is 113 Å². The molecular formula is C15H20O4. The monoisotopic (exact) mass is 264 g/mol. The summed E-state index contributed by atoms with van der Waals surface area (Å²) in [5.74, 6) is -0.623. The van der Waals surface area contributed by atoms with Crippen molar-refractivity contribution in [2.45, 2.75) is 38.4 Å². The summed E-state index contributed by atoms with van der Waals surface area (Å²) >= 11 is 0. The highest BCUT2D eigenvalue weighted by molar-refractivity contribution is 5.91. The topological polar surface area (TPSA) is 66.8 Å². The Bertz CT molecular complexity index is 447. The van der Waals surface area contributed by atoms with E-state index in [4.69, 9.17) is 4.74 Å². The molecule has 104 valence electrons. The van der Waals surface area contributed by atoms with Crippen molar-refractivity contribution in [2.24, 2.45) is 5.92 Å². The minimum atomic E-state index is -0.581. The van der Waals surface area contributed by atoms with Gasteiger partial charge in [0, 0.05) is 11.5 Å². The molecule has 3 unspecified atom stereocenters. The van der Waals surface area contributed by atoms with Crippen LogP contribution < -0.4 is 0 Å². The van der Waals surface area contributed by atoms with Crippen molar-refractivity contribution in [3.05, 3.63) is 35.5 Å². The molecule has 19 heavy (non-hydrogen) atoms. The third-order valence-corrected chi connectivity index (χ3v) is 3.89. The van der Waals surface area contributed by atoms with Gasteiger partial charge in [-0.1, -0.05) is 12.7 Å². The molecule has 0 radical (unpaired) electrons. The van der Waals surface area contributed by atoms with Crippen LogP contribution in [0.2, 0.25) is 0 Å². The van der Waals surface area contributed by atoms with Crippen LogP contribution in [0.5, 0.6) is 0 Å². The van der Waals surface area contributed by atoms with E-state index in [2.05, 4.69) is 6.58 Å². The molecule has 0 aromatic carbocycles. The summed E-state index contributed by atoms with van der Waals surface area (Å²) in [5.41, 5.74) is 2.16. The van der Waals surface area contributed by atoms with Crippen LogP contribution in [0.25, 0.3) is 0 Å². The number of aliphatic hydroxyl groups is 2. The Morgan fingerprint density at radius 1 is 1.53 bits per heavy atom. The Balaban J connectivity index is 2.31. The predicted molar refractivity (Wildman–Crippen MR) is 71.3 cm³/mol. The lowest BCUT2D eigenvalue weighted by Crippen LogP contribution is -2.23. The van der Waals surface area contributed by atoms with Crippen molar-refractivity contribution in [3.63, 3.8) is 0 Å². The van der Waals surface area contributed by atoms with Crippen LogP contribution >= 0.6 is 0 Å². The smallest absolute Gasteiger partial charge is 0.334 e. The predicted octanol–water partition coefficient (Wildman–Crippen LogP) is 1.49. The lowest BCUT2D eigenvalue weighted by molar-refractivity contribution is -0.137. The molecule has 1 heterocycles. The molecule has 2 aliphatic rings. The van der Waals surface area contributed by atoms with Crippen LogP contribution in [0.3, 0.4) is 0 Å². The minimum absolute atomic E-state index is 0.0390. The molecule has 4 heteroatoms. The van der Waals surface area contributed by atoms with E-state index in [1.54, 1.807) is 0 Å². The molecule has 0 aromatic rings. The van der Waals surface area contributed by atoms with Crippen LogP contribution in [0, 0.1) is 5.92 Å². The van der Waals surface area contributed by atoms with E-state index in [1.165, 1.54) is 0 Å². The molecule has 1 saturated heterocycles. The first kappa shape index (κ1) is 14.0. The van der Waals surface area contributed by atoms with Gasteiger partial charge in [0.15, 0.2) is 0 Å². The Morgan fingerprint density at radius 2 is 2.26 bits per heavy atom. The molecule has 1 aliphatic heterocycles. The molecule has 0 spiro atoms. The molecule has 1 aliphatic carbocycles. The molecule has 0 amide bonds. The van der Waals surface area contributed by atoms with Crippen molar-refractivity contribution >= 4 is 5.97 Å². The molecule has 3 atom stereocenters. The fourth-order valence-electron chi connectivity index (χ4n) is 2.55. The van der Waals surface area contributed by atoms with Crippen molar-refractivity contribution < 1.29 is 19.7 Å². The van der Waals surface area contributed by atoms with Gasteiger partial charge in [-0.2, -0.15) is 0 Å². The van der Waals surface area contributed by atoms with Crippen LogP contribution in [0.1, 0.15) is 26.2 Å². The number of aliphatic hydroxyl groups excluding tert-OH is 2. The fourth-order valence-corrected chi connectivity index (χ4v) is 2.55. The molecule has 0 bridgehead atoms. The molecule has 0 saturated carbocycles. The quantitative estimate of drug-likeness (QED) is 0.428. The van der Waals surface area contributed by atoms with Crippen LogP contribution in [-0.4, -0.2) is 35.0 Å². The molecule has 1 fully saturated rings. The van der Waals surface area contributed by atoms with Gasteiger partial charge in [-0.05, 0) is 43.4 Å². The second-order valence-electron chi connectivity index (χ2n) is 5.22. The number of hydrogen-bond acceptors (Lipinski definition) is 4. The standard InChI is InChI=1S/C15H20O4/c1-9-4-3-5-11(8-16)6-14-12(7-13(9)17)10(2)15(18)19-14/h4,6,12-14,16-17H,2-3,5,7-8H2,1H3. The zero-order valence-electron chi connectivity index (χ0n) is 11.1. The maximum atomic E-state index is 11.6. The second kappa shape index (κ2) is 5.72. The second-order valence-corrected chi connectivity index (χ2v) is 5.22. The first-order chi connectivity index (χ1) is 9.02. The van der Waals surface area contributed by atoms with E-state index in [1.807, 2.05) is 19.1 Å². The van der Waals surface area contributed by atoms with Gasteiger partial charge in [0.25, 0.3) is 0 Å². The van der Waals surface area contributed by atoms with E-state index < -0.39 is 18.2 Å². The number of carbonyl (C=O) groups is 1. The van der Waals surface area contributed by atoms with E-state index in [9.17, 15) is 15.0 Å². The van der Waals surface area contributed by atoms with E-state index in [-0.39, 0.29) is 12.5 Å². The van der Waals surface area contributed by atoms with Crippen LogP contribution in [0.15, 0.2) is 35.5 Å². The highest BCUT2D eigenvalue weighted by Crippen LogP contribution is 2.34. The van der Waals surface area contributed by atoms with Crippen LogP contribution in [0.4, 0.5) is 0 Å². The highest BCUT2D eigenvalue weighted by atomic mass is 16.6. The van der Waals surface area contributed by atoms with Gasteiger partial charge in [-0.15, -0.1) is 0 Å². The van der Waals surface area contributed by atoms with Gasteiger partial charge < -0.3 is 14.9 Å². The van der Waals surface area contributed by atoms with Crippen molar-refractivity contribution in [1.29, 1.82) is 0 Å². The zero-order valence-corrected chi connectivity index (χ0v) is 11.1. The number of allylic oxidation sites excluding steroid dienone is 1. The number of esters is 1. The molecule has 2 rings (SSSR count). The first-order valence-corrected chi connectivity index (χ1v) is 6.58. The molecule has 2 N–H and O–H groups in total. The largest absolute Gasteiger partial charge is 0.454 e. The van der Waals surface area contributed by atoms with E-state index in [0.29, 0.717) is 18.4 Å². The van der Waals surface area contributed by atoms with Gasteiger partial charge in [0.05, 0.1) is 12.7 Å². The molecule has 4 nitrogen and oxygen atoms in total. The van der Waals surface area contributed by atoms with Crippen molar-refractivity contribution in [1.82, 2.24) is 0 Å². The lowest BCUT2D eigenvalue weighted by Gasteiger charge is -2.21. The summed E-state index contributed by atoms with van der Waals surface area (Å²) in [4.78, 5) is 11.6. The normalized spacial score (nSPS) is 32.3. The summed E-state index contributed by atoms with van der Waals surface area (Å²) < 4.78 is 5.27. The van der Waals surface area contributed by atoms with Gasteiger partial charge in [-0.3, -0.25) is 0 Å². The number of hydrogen-bond donors (Lipinski definition) is 2. The number of rotatable bonds is 1. The summed E-state index contributed by atoms with van der Waals surface area (Å²) in [5, 5.41) is 19.5. The summed E-state index contributed by atoms with van der Waals surface area (Å²) in [6.45, 7) is 5.60. The fraction of sp³-hybridized carbons (Fsp3) is 0.533. The SMILES string of the molecule is C=C1C(=O)OC2C=C(CO)CCC=C(C)C(O)CC12. The van der Waals surface area contributed by atoms with Gasteiger partial charge in [-0.25, -0.2) is 4.79 Å². The Morgan fingerprint density at radius 3 is 2.95 bits per heavy atom. The van der Waals surface area contributed by atoms with E-state index in [0.717, 1.165) is 17.6 Å². The number of ether oxygens (including phenoxy) is 1. The minimum Gasteiger partial charge on any atom is -0.454 e. The summed E-state index contributed by atoms with van der Waals surface area (Å²) in [6.07, 6.45) is 4.68. The van der Waals surface area contributed by atoms with Gasteiger partial charge >= 0.3 is 5.97 Å². The Kier molecular flexibility index (Phi) is 4.22. The molecular weight excluding hydrogens is 244 g/mol. The third-order valence-electron chi connectivity index (χ3n) is 3.89.